The van der Waals surface area contributed by atoms with E-state index in [1.165, 1.54) is 28.3 Å². The Morgan fingerprint density at radius 3 is 2.23 bits per heavy atom. The van der Waals surface area contributed by atoms with E-state index in [0.717, 1.165) is 12.1 Å². The topological polar surface area (TPSA) is 85.4 Å². The number of alkyl halides is 3. The largest absolute Gasteiger partial charge is 0.493 e. The van der Waals surface area contributed by atoms with Crippen molar-refractivity contribution in [2.75, 3.05) is 25.1 Å². The van der Waals surface area contributed by atoms with E-state index < -0.39 is 11.7 Å². The zero-order valence-electron chi connectivity index (χ0n) is 20.9. The predicted molar refractivity (Wildman–Crippen MR) is 141 cm³/mol. The van der Waals surface area contributed by atoms with Crippen LogP contribution in [0.3, 0.4) is 0 Å². The third-order valence-corrected chi connectivity index (χ3v) is 5.57. The molecule has 2 amide bonds. The number of para-hydroxylation sites is 1. The maximum Gasteiger partial charge on any atom is 0.416 e. The van der Waals surface area contributed by atoms with Gasteiger partial charge in [0.05, 0.1) is 5.56 Å². The third-order valence-electron chi connectivity index (χ3n) is 5.57. The van der Waals surface area contributed by atoms with Crippen LogP contribution in [0.15, 0.2) is 84.0 Å². The normalized spacial score (nSPS) is 13.9. The van der Waals surface area contributed by atoms with Crippen LogP contribution in [0.4, 0.5) is 18.9 Å². The number of likely N-dealkylation sites (N-methyl/N-ethyl adjacent to an activating group) is 1. The van der Waals surface area contributed by atoms with E-state index in [4.69, 9.17) is 9.47 Å². The number of rotatable bonds is 9. The number of hydrogen-bond acceptors (Lipinski definition) is 6. The molecule has 1 aliphatic rings. The zero-order chi connectivity index (χ0) is 27.8. The van der Waals surface area contributed by atoms with Crippen LogP contribution in [0.5, 0.6) is 17.2 Å². The summed E-state index contributed by atoms with van der Waals surface area (Å²) < 4.78 is 49.2. The molecule has 1 radical (unpaired) electrons. The summed E-state index contributed by atoms with van der Waals surface area (Å²) in [6, 6.07) is 20.1. The monoisotopic (exact) mass is 540 g/mol. The zero-order valence-corrected chi connectivity index (χ0v) is 20.9. The van der Waals surface area contributed by atoms with E-state index in [1.807, 2.05) is 30.3 Å². The minimum atomic E-state index is -4.42. The molecule has 3 aromatic rings. The van der Waals surface area contributed by atoms with Gasteiger partial charge in [-0.3, -0.25) is 9.80 Å². The Kier molecular flexibility index (Phi) is 8.60. The minimum Gasteiger partial charge on any atom is -0.493 e. The van der Waals surface area contributed by atoms with E-state index in [-0.39, 0.29) is 38.6 Å². The molecule has 203 valence electrons. The summed E-state index contributed by atoms with van der Waals surface area (Å²) in [6.45, 7) is 1.72. The number of nitrogens with one attached hydrogen (secondary N) is 1. The maximum atomic E-state index is 12.7. The van der Waals surface area contributed by atoms with Crippen molar-refractivity contribution >= 4 is 29.4 Å². The van der Waals surface area contributed by atoms with Gasteiger partial charge >= 0.3 is 12.1 Å². The molecule has 3 aromatic carbocycles. The standard InChI is InChI=1S/C28H24F3N4O4.H2/c1-34(22-9-13-25(14-10-22)39-24-11-7-20(8-12-24)28(29,30)31)27(37)19-35-18-21(17-32-35)33-26(36)15-16-38-23-5-3-2-4-6-23;/h2-14,17-18H,15-16,19H2,1H3;1H/p+1. The molecule has 0 saturated carbocycles. The van der Waals surface area contributed by atoms with Gasteiger partial charge in [-0.1, -0.05) is 18.2 Å². The second-order valence-corrected chi connectivity index (χ2v) is 8.46. The lowest BCUT2D eigenvalue weighted by molar-refractivity contribution is -0.376. The van der Waals surface area contributed by atoms with Gasteiger partial charge in [0.2, 0.25) is 11.6 Å². The van der Waals surface area contributed by atoms with Crippen LogP contribution in [0, 0.1) is 6.54 Å². The predicted octanol–water partition coefficient (Wildman–Crippen LogP) is 3.69. The smallest absolute Gasteiger partial charge is 0.416 e. The summed E-state index contributed by atoms with van der Waals surface area (Å²) in [6.07, 6.45) is -2.81. The molecule has 1 heterocycles. The van der Waals surface area contributed by atoms with Crippen molar-refractivity contribution in [3.05, 3.63) is 91.0 Å². The highest BCUT2D eigenvalue weighted by Gasteiger charge is 2.30. The van der Waals surface area contributed by atoms with Gasteiger partial charge in [0.15, 0.2) is 6.54 Å². The average molecular weight is 541 g/mol. The molecule has 0 aliphatic carbocycles. The number of carbonyl (C=O) groups is 2. The summed E-state index contributed by atoms with van der Waals surface area (Å²) in [4.78, 5) is 29.1. The molecule has 0 bridgehead atoms. The number of anilines is 1. The molecule has 11 heteroatoms. The molecule has 39 heavy (non-hydrogen) atoms. The van der Waals surface area contributed by atoms with Crippen molar-refractivity contribution in [3.63, 3.8) is 0 Å². The number of ether oxygens (including phenoxy) is 2. The number of carbonyl (C=O) groups excluding carboxylic acids is 2. The maximum absolute atomic E-state index is 12.7. The van der Waals surface area contributed by atoms with E-state index in [2.05, 4.69) is 10.1 Å². The van der Waals surface area contributed by atoms with Gasteiger partial charge in [0, 0.05) is 14.2 Å². The summed E-state index contributed by atoms with van der Waals surface area (Å²) in [7, 11) is 1.60. The molecular weight excluding hydrogens is 513 g/mol. The fourth-order valence-electron chi connectivity index (χ4n) is 3.49. The van der Waals surface area contributed by atoms with E-state index >= 15 is 0 Å². The number of hydrazone groups is 1. The molecular formula is C28H27F3N4O4+. The lowest BCUT2D eigenvalue weighted by atomic mass is 10.2. The molecule has 8 nitrogen and oxygen atoms in total. The fourth-order valence-corrected chi connectivity index (χ4v) is 3.49. The van der Waals surface area contributed by atoms with Crippen LogP contribution in [0.25, 0.3) is 0 Å². The van der Waals surface area contributed by atoms with Gasteiger partial charge in [-0.15, -0.1) is 0 Å². The second-order valence-electron chi connectivity index (χ2n) is 8.46. The minimum absolute atomic E-state index is 0. The van der Waals surface area contributed by atoms with Crippen LogP contribution in [0.1, 0.15) is 13.4 Å². The Hall–Kier alpha value is -4.67. The van der Waals surface area contributed by atoms with E-state index in [9.17, 15) is 22.8 Å². The van der Waals surface area contributed by atoms with Crippen molar-refractivity contribution in [2.24, 2.45) is 5.10 Å². The molecule has 1 N–H and O–H groups in total. The van der Waals surface area contributed by atoms with Gasteiger partial charge in [0.1, 0.15) is 43.0 Å². The summed E-state index contributed by atoms with van der Waals surface area (Å²) >= 11 is 0. The average Bonchev–Trinajstić information content (AvgIpc) is 3.35. The second kappa shape index (κ2) is 12.2. The van der Waals surface area contributed by atoms with Crippen LogP contribution in [-0.2, 0) is 15.8 Å². The van der Waals surface area contributed by atoms with Crippen LogP contribution in [0.2, 0.25) is 0 Å². The van der Waals surface area contributed by atoms with Gasteiger partial charge in [-0.2, -0.15) is 23.3 Å². The third kappa shape index (κ3) is 7.91. The molecule has 0 fully saturated rings. The molecule has 0 saturated heterocycles. The van der Waals surface area contributed by atoms with Crippen molar-refractivity contribution < 1.29 is 38.7 Å². The van der Waals surface area contributed by atoms with Crippen molar-refractivity contribution in [2.45, 2.75) is 12.6 Å². The number of benzene rings is 3. The van der Waals surface area contributed by atoms with Gasteiger partial charge < -0.3 is 14.4 Å². The SMILES string of the molecule is CN(C(=O)CN1[CH]C(=[NH+]C(=O)CCOc2ccccc2)C=N1)c1ccc(Oc2ccc(C(F)(F)F)cc2)cc1.[HH]. The Morgan fingerprint density at radius 1 is 0.949 bits per heavy atom. The number of hydrogen-bond donors (Lipinski definition) is 1. The lowest BCUT2D eigenvalue weighted by Crippen LogP contribution is -2.78. The molecule has 0 atom stereocenters. The Morgan fingerprint density at radius 2 is 1.59 bits per heavy atom. The van der Waals surface area contributed by atoms with Gasteiger partial charge in [0.25, 0.3) is 0 Å². The van der Waals surface area contributed by atoms with Crippen molar-refractivity contribution in [1.29, 1.82) is 0 Å². The highest BCUT2D eigenvalue weighted by Crippen LogP contribution is 2.31. The highest BCUT2D eigenvalue weighted by molar-refractivity contribution is 6.33. The Balaban J connectivity index is 0.00000441. The first-order valence-corrected chi connectivity index (χ1v) is 11.9. The van der Waals surface area contributed by atoms with Crippen molar-refractivity contribution in [3.8, 4) is 17.2 Å². The number of nitrogens with zero attached hydrogens (tertiary/aromatic N) is 3. The summed E-state index contributed by atoms with van der Waals surface area (Å²) in [5.74, 6) is 0.838. The van der Waals surface area contributed by atoms with E-state index in [1.54, 1.807) is 37.9 Å². The number of halogens is 3. The first kappa shape index (κ1) is 27.4. The van der Waals surface area contributed by atoms with Gasteiger partial charge in [-0.25, -0.2) is 4.79 Å². The first-order chi connectivity index (χ1) is 18.7. The molecule has 1 aliphatic heterocycles. The quantitative estimate of drug-likeness (QED) is 0.448. The first-order valence-electron chi connectivity index (χ1n) is 11.9. The van der Waals surface area contributed by atoms with Gasteiger partial charge in [-0.05, 0) is 60.7 Å². The lowest BCUT2D eigenvalue weighted by Gasteiger charge is -2.20. The van der Waals surface area contributed by atoms with Crippen LogP contribution in [-0.4, -0.2) is 48.9 Å². The van der Waals surface area contributed by atoms with Crippen molar-refractivity contribution in [1.82, 2.24) is 5.01 Å². The number of amides is 2. The van der Waals surface area contributed by atoms with E-state index in [0.29, 0.717) is 22.9 Å². The fraction of sp³-hybridized carbons (Fsp3) is 0.179. The molecule has 4 rings (SSSR count). The summed E-state index contributed by atoms with van der Waals surface area (Å²) in [5, 5.41) is 5.54. The Labute approximate surface area is 224 Å². The Bertz CT molecular complexity index is 1350. The van der Waals surface area contributed by atoms with Crippen LogP contribution < -0.4 is 19.4 Å². The molecule has 0 unspecified atom stereocenters. The summed E-state index contributed by atoms with van der Waals surface area (Å²) in [5.41, 5.74) is 0.282. The molecule has 0 spiro atoms. The van der Waals surface area contributed by atoms with Crippen LogP contribution >= 0.6 is 0 Å². The highest BCUT2D eigenvalue weighted by atomic mass is 19.4. The molecule has 0 aromatic heterocycles.